The van der Waals surface area contributed by atoms with Gasteiger partial charge >= 0.3 is 0 Å². The van der Waals surface area contributed by atoms with Crippen molar-refractivity contribution in [2.24, 2.45) is 11.7 Å². The predicted octanol–water partition coefficient (Wildman–Crippen LogP) is 2.38. The van der Waals surface area contributed by atoms with Crippen LogP contribution in [-0.4, -0.2) is 30.1 Å². The molecular formula is C13H26N2. The van der Waals surface area contributed by atoms with E-state index in [9.17, 15) is 0 Å². The van der Waals surface area contributed by atoms with Crippen LogP contribution in [-0.2, 0) is 0 Å². The van der Waals surface area contributed by atoms with Crippen molar-refractivity contribution in [2.75, 3.05) is 13.1 Å². The largest absolute Gasteiger partial charge is 0.330 e. The van der Waals surface area contributed by atoms with Crippen LogP contribution in [0.5, 0.6) is 0 Å². The Morgan fingerprint density at radius 1 is 1.20 bits per heavy atom. The lowest BCUT2D eigenvalue weighted by molar-refractivity contribution is 0.139. The first-order chi connectivity index (χ1) is 7.36. The Bertz CT molecular complexity index is 193. The van der Waals surface area contributed by atoms with E-state index in [1.807, 2.05) is 0 Å². The third kappa shape index (κ3) is 2.36. The zero-order valence-electron chi connectivity index (χ0n) is 10.1. The molecule has 0 radical (unpaired) electrons. The Balaban J connectivity index is 1.95. The van der Waals surface area contributed by atoms with E-state index in [1.54, 1.807) is 0 Å². The Labute approximate surface area is 94.2 Å². The third-order valence-corrected chi connectivity index (χ3v) is 4.48. The summed E-state index contributed by atoms with van der Waals surface area (Å²) in [6.07, 6.45) is 9.73. The van der Waals surface area contributed by atoms with Crippen molar-refractivity contribution < 1.29 is 0 Å². The summed E-state index contributed by atoms with van der Waals surface area (Å²) in [6, 6.07) is 1.76. The Hall–Kier alpha value is -0.0800. The molecular weight excluding hydrogens is 184 g/mol. The first kappa shape index (κ1) is 11.4. The van der Waals surface area contributed by atoms with E-state index in [0.717, 1.165) is 24.5 Å². The molecule has 3 atom stereocenters. The number of nitrogens with zero attached hydrogens (tertiary/aromatic N) is 1. The fourth-order valence-electron chi connectivity index (χ4n) is 3.74. The molecule has 0 spiro atoms. The summed E-state index contributed by atoms with van der Waals surface area (Å²) in [5, 5.41) is 0. The molecule has 2 N–H and O–H groups in total. The number of hydrogen-bond donors (Lipinski definition) is 1. The van der Waals surface area contributed by atoms with Gasteiger partial charge in [-0.3, -0.25) is 4.90 Å². The second kappa shape index (κ2) is 5.31. The standard InChI is InChI=1S/C13H26N2/c1-2-12-6-4-10-15(12)13-7-3-5-11(13)8-9-14/h11-13H,2-10,14H2,1H3. The van der Waals surface area contributed by atoms with Gasteiger partial charge in [-0.1, -0.05) is 13.3 Å². The lowest BCUT2D eigenvalue weighted by Gasteiger charge is -2.34. The van der Waals surface area contributed by atoms with Crippen molar-refractivity contribution in [3.63, 3.8) is 0 Å². The number of rotatable bonds is 4. The Morgan fingerprint density at radius 3 is 2.80 bits per heavy atom. The van der Waals surface area contributed by atoms with Gasteiger partial charge in [0.05, 0.1) is 0 Å². The van der Waals surface area contributed by atoms with Gasteiger partial charge in [0.1, 0.15) is 0 Å². The molecule has 0 aromatic carbocycles. The van der Waals surface area contributed by atoms with Crippen molar-refractivity contribution in [1.82, 2.24) is 4.90 Å². The quantitative estimate of drug-likeness (QED) is 0.772. The first-order valence-corrected chi connectivity index (χ1v) is 6.82. The summed E-state index contributed by atoms with van der Waals surface area (Å²) < 4.78 is 0. The topological polar surface area (TPSA) is 29.3 Å². The number of likely N-dealkylation sites (tertiary alicyclic amines) is 1. The van der Waals surface area contributed by atoms with Crippen LogP contribution in [0, 0.1) is 5.92 Å². The highest BCUT2D eigenvalue weighted by Crippen LogP contribution is 2.36. The van der Waals surface area contributed by atoms with Gasteiger partial charge in [-0.15, -0.1) is 0 Å². The van der Waals surface area contributed by atoms with E-state index in [2.05, 4.69) is 11.8 Å². The van der Waals surface area contributed by atoms with Gasteiger partial charge in [0.2, 0.25) is 0 Å². The van der Waals surface area contributed by atoms with Crippen molar-refractivity contribution in [2.45, 2.75) is 64.0 Å². The van der Waals surface area contributed by atoms with Gasteiger partial charge in [-0.25, -0.2) is 0 Å². The molecule has 0 amide bonds. The molecule has 2 nitrogen and oxygen atoms in total. The zero-order chi connectivity index (χ0) is 10.7. The summed E-state index contributed by atoms with van der Waals surface area (Å²) >= 11 is 0. The van der Waals surface area contributed by atoms with Crippen LogP contribution in [0.3, 0.4) is 0 Å². The lowest BCUT2D eigenvalue weighted by Crippen LogP contribution is -2.41. The van der Waals surface area contributed by atoms with Gasteiger partial charge < -0.3 is 5.73 Å². The minimum Gasteiger partial charge on any atom is -0.330 e. The molecule has 2 rings (SSSR count). The van der Waals surface area contributed by atoms with Gasteiger partial charge in [0, 0.05) is 12.1 Å². The van der Waals surface area contributed by atoms with Gasteiger partial charge in [-0.2, -0.15) is 0 Å². The maximum atomic E-state index is 5.72. The predicted molar refractivity (Wildman–Crippen MR) is 64.8 cm³/mol. The molecule has 1 saturated heterocycles. The summed E-state index contributed by atoms with van der Waals surface area (Å²) in [5.41, 5.74) is 5.72. The molecule has 0 aromatic rings. The van der Waals surface area contributed by atoms with Crippen LogP contribution in [0.1, 0.15) is 51.9 Å². The highest BCUT2D eigenvalue weighted by Gasteiger charge is 2.36. The van der Waals surface area contributed by atoms with Crippen molar-refractivity contribution in [1.29, 1.82) is 0 Å². The molecule has 1 aliphatic carbocycles. The Kier molecular flexibility index (Phi) is 4.04. The van der Waals surface area contributed by atoms with Crippen LogP contribution in [0.4, 0.5) is 0 Å². The van der Waals surface area contributed by atoms with Crippen molar-refractivity contribution in [3.05, 3.63) is 0 Å². The molecule has 88 valence electrons. The van der Waals surface area contributed by atoms with E-state index in [1.165, 1.54) is 51.5 Å². The van der Waals surface area contributed by atoms with Crippen LogP contribution < -0.4 is 5.73 Å². The minimum atomic E-state index is 0.876. The fraction of sp³-hybridized carbons (Fsp3) is 1.00. The van der Waals surface area contributed by atoms with Gasteiger partial charge in [0.25, 0.3) is 0 Å². The highest BCUT2D eigenvalue weighted by atomic mass is 15.2. The monoisotopic (exact) mass is 210 g/mol. The SMILES string of the molecule is CCC1CCCN1C1CCCC1CCN. The molecule has 15 heavy (non-hydrogen) atoms. The van der Waals surface area contributed by atoms with Crippen molar-refractivity contribution in [3.8, 4) is 0 Å². The van der Waals surface area contributed by atoms with E-state index >= 15 is 0 Å². The second-order valence-electron chi connectivity index (χ2n) is 5.28. The van der Waals surface area contributed by atoms with Crippen LogP contribution >= 0.6 is 0 Å². The van der Waals surface area contributed by atoms with E-state index in [-0.39, 0.29) is 0 Å². The smallest absolute Gasteiger partial charge is 0.0127 e. The minimum absolute atomic E-state index is 0.876. The van der Waals surface area contributed by atoms with Crippen LogP contribution in [0.2, 0.25) is 0 Å². The summed E-state index contributed by atoms with van der Waals surface area (Å²) in [5.74, 6) is 0.905. The van der Waals surface area contributed by atoms with E-state index in [0.29, 0.717) is 0 Å². The maximum Gasteiger partial charge on any atom is 0.0127 e. The average Bonchev–Trinajstić information content (AvgIpc) is 2.84. The summed E-state index contributed by atoms with van der Waals surface area (Å²) in [7, 11) is 0. The van der Waals surface area contributed by atoms with Gasteiger partial charge in [-0.05, 0) is 57.5 Å². The molecule has 3 unspecified atom stereocenters. The molecule has 2 heteroatoms. The summed E-state index contributed by atoms with van der Waals surface area (Å²) in [6.45, 7) is 4.58. The van der Waals surface area contributed by atoms with Gasteiger partial charge in [0.15, 0.2) is 0 Å². The van der Waals surface area contributed by atoms with Crippen molar-refractivity contribution >= 4 is 0 Å². The second-order valence-corrected chi connectivity index (χ2v) is 5.28. The molecule has 2 aliphatic rings. The third-order valence-electron chi connectivity index (χ3n) is 4.48. The van der Waals surface area contributed by atoms with E-state index in [4.69, 9.17) is 5.73 Å². The van der Waals surface area contributed by atoms with Crippen LogP contribution in [0.25, 0.3) is 0 Å². The lowest BCUT2D eigenvalue weighted by atomic mass is 9.97. The highest BCUT2D eigenvalue weighted by molar-refractivity contribution is 4.91. The maximum absolute atomic E-state index is 5.72. The molecule has 1 aliphatic heterocycles. The molecule has 0 aromatic heterocycles. The normalized spacial score (nSPS) is 37.6. The molecule has 1 saturated carbocycles. The summed E-state index contributed by atoms with van der Waals surface area (Å²) in [4.78, 5) is 2.81. The fourth-order valence-corrected chi connectivity index (χ4v) is 3.74. The average molecular weight is 210 g/mol. The molecule has 2 fully saturated rings. The number of hydrogen-bond acceptors (Lipinski definition) is 2. The first-order valence-electron chi connectivity index (χ1n) is 6.82. The number of nitrogens with two attached hydrogens (primary N) is 1. The zero-order valence-corrected chi connectivity index (χ0v) is 10.1. The van der Waals surface area contributed by atoms with Crippen LogP contribution in [0.15, 0.2) is 0 Å². The van der Waals surface area contributed by atoms with E-state index < -0.39 is 0 Å². The molecule has 0 bridgehead atoms. The Morgan fingerprint density at radius 2 is 2.07 bits per heavy atom. The molecule has 1 heterocycles.